The van der Waals surface area contributed by atoms with Gasteiger partial charge in [0, 0.05) is 24.0 Å². The van der Waals surface area contributed by atoms with Crippen LogP contribution in [0, 0.1) is 20.8 Å². The lowest BCUT2D eigenvalue weighted by Gasteiger charge is -2.09. The summed E-state index contributed by atoms with van der Waals surface area (Å²) in [7, 11) is 0. The molecule has 1 saturated carbocycles. The molecule has 4 heteroatoms. The van der Waals surface area contributed by atoms with E-state index in [1.165, 1.54) is 18.4 Å². The minimum atomic E-state index is 0.727. The number of pyridine rings is 1. The lowest BCUT2D eigenvalue weighted by molar-refractivity contribution is 0.684. The third-order valence-electron chi connectivity index (χ3n) is 3.40. The van der Waals surface area contributed by atoms with Crippen molar-refractivity contribution < 1.29 is 0 Å². The monoisotopic (exact) mass is 256 g/mol. The molecule has 0 unspecified atom stereocenters. The van der Waals surface area contributed by atoms with Crippen LogP contribution in [0.5, 0.6) is 0 Å². The van der Waals surface area contributed by atoms with Crippen molar-refractivity contribution in [3.8, 4) is 5.82 Å². The third kappa shape index (κ3) is 2.84. The first-order chi connectivity index (χ1) is 9.11. The van der Waals surface area contributed by atoms with E-state index in [9.17, 15) is 0 Å². The number of hydrogen-bond acceptors (Lipinski definition) is 3. The van der Waals surface area contributed by atoms with Crippen molar-refractivity contribution >= 4 is 0 Å². The second kappa shape index (κ2) is 4.78. The van der Waals surface area contributed by atoms with Crippen LogP contribution in [0.15, 0.2) is 18.2 Å². The van der Waals surface area contributed by atoms with E-state index in [2.05, 4.69) is 40.5 Å². The zero-order valence-electron chi connectivity index (χ0n) is 11.8. The number of nitrogens with zero attached hydrogens (tertiary/aromatic N) is 3. The van der Waals surface area contributed by atoms with Gasteiger partial charge in [-0.2, -0.15) is 5.10 Å². The van der Waals surface area contributed by atoms with Gasteiger partial charge in [-0.1, -0.05) is 0 Å². The third-order valence-corrected chi connectivity index (χ3v) is 3.40. The molecule has 2 aromatic rings. The van der Waals surface area contributed by atoms with Crippen molar-refractivity contribution in [2.45, 2.75) is 46.2 Å². The Morgan fingerprint density at radius 1 is 1.16 bits per heavy atom. The SMILES string of the molecule is Cc1cc(CNC2CC2)cc(-n2nc(C)cc2C)n1. The minimum Gasteiger partial charge on any atom is -0.310 e. The molecule has 2 aromatic heterocycles. The Balaban J connectivity index is 1.89. The highest BCUT2D eigenvalue weighted by Crippen LogP contribution is 2.20. The number of aromatic nitrogens is 3. The Bertz CT molecular complexity index is 596. The van der Waals surface area contributed by atoms with E-state index in [0.717, 1.165) is 35.5 Å². The summed E-state index contributed by atoms with van der Waals surface area (Å²) in [6.45, 7) is 7.02. The topological polar surface area (TPSA) is 42.7 Å². The molecule has 0 atom stereocenters. The summed E-state index contributed by atoms with van der Waals surface area (Å²) in [6.07, 6.45) is 2.63. The molecule has 1 fully saturated rings. The maximum absolute atomic E-state index is 4.59. The molecule has 100 valence electrons. The fraction of sp³-hybridized carbons (Fsp3) is 0.467. The van der Waals surface area contributed by atoms with Crippen LogP contribution in [0.3, 0.4) is 0 Å². The van der Waals surface area contributed by atoms with Crippen LogP contribution >= 0.6 is 0 Å². The molecule has 0 aliphatic heterocycles. The number of rotatable bonds is 4. The molecule has 19 heavy (non-hydrogen) atoms. The molecule has 0 radical (unpaired) electrons. The second-order valence-corrected chi connectivity index (χ2v) is 5.47. The van der Waals surface area contributed by atoms with Gasteiger partial charge in [0.1, 0.15) is 0 Å². The van der Waals surface area contributed by atoms with Gasteiger partial charge in [-0.3, -0.25) is 0 Å². The van der Waals surface area contributed by atoms with Crippen molar-refractivity contribution in [2.75, 3.05) is 0 Å². The lowest BCUT2D eigenvalue weighted by atomic mass is 10.2. The van der Waals surface area contributed by atoms with Crippen LogP contribution in [-0.4, -0.2) is 20.8 Å². The molecule has 2 heterocycles. The molecule has 3 rings (SSSR count). The first-order valence-electron chi connectivity index (χ1n) is 6.86. The highest BCUT2D eigenvalue weighted by atomic mass is 15.3. The van der Waals surface area contributed by atoms with Gasteiger partial charge in [0.2, 0.25) is 0 Å². The highest BCUT2D eigenvalue weighted by Gasteiger charge is 2.20. The van der Waals surface area contributed by atoms with Gasteiger partial charge in [0.15, 0.2) is 5.82 Å². The highest BCUT2D eigenvalue weighted by molar-refractivity contribution is 5.32. The average Bonchev–Trinajstić information content (AvgIpc) is 3.11. The van der Waals surface area contributed by atoms with E-state index < -0.39 is 0 Å². The first kappa shape index (κ1) is 12.4. The van der Waals surface area contributed by atoms with Gasteiger partial charge in [0.05, 0.1) is 5.69 Å². The normalized spacial score (nSPS) is 14.9. The molecule has 1 aliphatic rings. The first-order valence-corrected chi connectivity index (χ1v) is 6.86. The number of nitrogens with one attached hydrogen (secondary N) is 1. The van der Waals surface area contributed by atoms with Gasteiger partial charge < -0.3 is 5.32 Å². The summed E-state index contributed by atoms with van der Waals surface area (Å²) >= 11 is 0. The Morgan fingerprint density at radius 3 is 2.58 bits per heavy atom. The summed E-state index contributed by atoms with van der Waals surface area (Å²) in [5, 5.41) is 8.05. The van der Waals surface area contributed by atoms with Gasteiger partial charge in [-0.15, -0.1) is 0 Å². The molecule has 1 N–H and O–H groups in total. The van der Waals surface area contributed by atoms with Crippen molar-refractivity contribution in [2.24, 2.45) is 0 Å². The molecular weight excluding hydrogens is 236 g/mol. The molecule has 0 aromatic carbocycles. The number of hydrogen-bond donors (Lipinski definition) is 1. The van der Waals surface area contributed by atoms with Crippen LogP contribution in [0.2, 0.25) is 0 Å². The van der Waals surface area contributed by atoms with Gasteiger partial charge >= 0.3 is 0 Å². The molecule has 4 nitrogen and oxygen atoms in total. The van der Waals surface area contributed by atoms with Crippen molar-refractivity contribution in [1.82, 2.24) is 20.1 Å². The van der Waals surface area contributed by atoms with Crippen LogP contribution in [-0.2, 0) is 6.54 Å². The van der Waals surface area contributed by atoms with Crippen LogP contribution < -0.4 is 5.32 Å². The Hall–Kier alpha value is -1.68. The van der Waals surface area contributed by atoms with Crippen molar-refractivity contribution in [1.29, 1.82) is 0 Å². The summed E-state index contributed by atoms with van der Waals surface area (Å²) in [4.78, 5) is 4.59. The Morgan fingerprint density at radius 2 is 1.95 bits per heavy atom. The quantitative estimate of drug-likeness (QED) is 0.913. The molecule has 0 saturated heterocycles. The Labute approximate surface area is 113 Å². The van der Waals surface area contributed by atoms with Crippen LogP contribution in [0.4, 0.5) is 0 Å². The van der Waals surface area contributed by atoms with E-state index in [4.69, 9.17) is 0 Å². The molecular formula is C15H20N4. The maximum Gasteiger partial charge on any atom is 0.154 e. The van der Waals surface area contributed by atoms with Crippen molar-refractivity contribution in [3.05, 3.63) is 40.8 Å². The van der Waals surface area contributed by atoms with Gasteiger partial charge in [-0.05, 0) is 57.4 Å². The average molecular weight is 256 g/mol. The zero-order valence-corrected chi connectivity index (χ0v) is 11.8. The van der Waals surface area contributed by atoms with Crippen LogP contribution in [0.1, 0.15) is 35.5 Å². The fourth-order valence-corrected chi connectivity index (χ4v) is 2.34. The van der Waals surface area contributed by atoms with E-state index in [0.29, 0.717) is 0 Å². The lowest BCUT2D eigenvalue weighted by Crippen LogP contribution is -2.16. The Kier molecular flexibility index (Phi) is 3.11. The predicted molar refractivity (Wildman–Crippen MR) is 75.4 cm³/mol. The standard InChI is InChI=1S/C15H20N4/c1-10-7-13(9-16-14-4-5-14)8-15(17-10)19-12(3)6-11(2)18-19/h6-8,14,16H,4-5,9H2,1-3H3. The van der Waals surface area contributed by atoms with E-state index in [-0.39, 0.29) is 0 Å². The minimum absolute atomic E-state index is 0.727. The summed E-state index contributed by atoms with van der Waals surface area (Å²) in [5.74, 6) is 0.915. The van der Waals surface area contributed by atoms with E-state index in [1.54, 1.807) is 0 Å². The zero-order chi connectivity index (χ0) is 13.4. The molecule has 1 aliphatic carbocycles. The summed E-state index contributed by atoms with van der Waals surface area (Å²) < 4.78 is 1.92. The number of aryl methyl sites for hydroxylation is 3. The molecule has 0 spiro atoms. The largest absolute Gasteiger partial charge is 0.310 e. The molecule has 0 amide bonds. The van der Waals surface area contributed by atoms with E-state index in [1.807, 2.05) is 18.5 Å². The van der Waals surface area contributed by atoms with Gasteiger partial charge in [-0.25, -0.2) is 9.67 Å². The molecule has 0 bridgehead atoms. The summed E-state index contributed by atoms with van der Waals surface area (Å²) in [5.41, 5.74) is 4.47. The summed E-state index contributed by atoms with van der Waals surface area (Å²) in [6, 6.07) is 7.07. The maximum atomic E-state index is 4.59. The predicted octanol–water partition coefficient (Wildman–Crippen LogP) is 2.44. The van der Waals surface area contributed by atoms with E-state index >= 15 is 0 Å². The smallest absolute Gasteiger partial charge is 0.154 e. The fourth-order valence-electron chi connectivity index (χ4n) is 2.34. The van der Waals surface area contributed by atoms with Crippen LogP contribution in [0.25, 0.3) is 5.82 Å². The van der Waals surface area contributed by atoms with Crippen molar-refractivity contribution in [3.63, 3.8) is 0 Å². The van der Waals surface area contributed by atoms with Gasteiger partial charge in [0.25, 0.3) is 0 Å². The second-order valence-electron chi connectivity index (χ2n) is 5.47.